The summed E-state index contributed by atoms with van der Waals surface area (Å²) < 4.78 is 13.8. The zero-order valence-electron chi connectivity index (χ0n) is 9.39. The minimum Gasteiger partial charge on any atom is -0.396 e. The van der Waals surface area contributed by atoms with Crippen LogP contribution in [0.3, 0.4) is 0 Å². The van der Waals surface area contributed by atoms with Gasteiger partial charge in [-0.3, -0.25) is 0 Å². The van der Waals surface area contributed by atoms with Gasteiger partial charge >= 0.3 is 0 Å². The number of hydrogen-bond donors (Lipinski definition) is 2. The van der Waals surface area contributed by atoms with Crippen molar-refractivity contribution in [1.82, 2.24) is 0 Å². The van der Waals surface area contributed by atoms with Gasteiger partial charge in [-0.15, -0.1) is 0 Å². The number of unbranched alkanes of at least 4 members (excludes halogenated alkanes) is 2. The van der Waals surface area contributed by atoms with Crippen molar-refractivity contribution in [2.45, 2.75) is 26.2 Å². The van der Waals surface area contributed by atoms with Gasteiger partial charge in [-0.1, -0.05) is 0 Å². The molecule has 0 fully saturated rings. The molecule has 2 nitrogen and oxygen atoms in total. The molecule has 0 atom stereocenters. The Morgan fingerprint density at radius 1 is 1.31 bits per heavy atom. The van der Waals surface area contributed by atoms with Gasteiger partial charge in [0.25, 0.3) is 0 Å². The fraction of sp³-hybridized carbons (Fsp3) is 0.500. The number of anilines is 1. The molecule has 1 aromatic carbocycles. The third kappa shape index (κ3) is 4.10. The van der Waals surface area contributed by atoms with E-state index in [4.69, 9.17) is 5.11 Å². The summed E-state index contributed by atoms with van der Waals surface area (Å²) in [5.74, 6) is -0.247. The Bertz CT molecular complexity index is 344. The smallest absolute Gasteiger partial charge is 0.139 e. The lowest BCUT2D eigenvalue weighted by atomic mass is 10.2. The SMILES string of the molecule is Cc1cc(Br)c(F)cc1NCCCCCO. The summed E-state index contributed by atoms with van der Waals surface area (Å²) in [5.41, 5.74) is 1.86. The highest BCUT2D eigenvalue weighted by molar-refractivity contribution is 9.10. The van der Waals surface area contributed by atoms with Gasteiger partial charge in [0, 0.05) is 18.8 Å². The first kappa shape index (κ1) is 13.5. The molecule has 2 N–H and O–H groups in total. The first-order valence-corrected chi connectivity index (χ1v) is 6.25. The third-order valence-electron chi connectivity index (χ3n) is 2.42. The molecule has 0 bridgehead atoms. The van der Waals surface area contributed by atoms with Crippen LogP contribution in [0.15, 0.2) is 16.6 Å². The number of nitrogens with one attached hydrogen (secondary N) is 1. The summed E-state index contributed by atoms with van der Waals surface area (Å²) in [7, 11) is 0. The summed E-state index contributed by atoms with van der Waals surface area (Å²) in [6.07, 6.45) is 2.80. The van der Waals surface area contributed by atoms with Crippen LogP contribution in [0.1, 0.15) is 24.8 Å². The molecule has 0 aromatic heterocycles. The number of aliphatic hydroxyl groups is 1. The average molecular weight is 290 g/mol. The zero-order valence-corrected chi connectivity index (χ0v) is 11.0. The van der Waals surface area contributed by atoms with Crippen LogP contribution < -0.4 is 5.32 Å². The molecule has 0 amide bonds. The van der Waals surface area contributed by atoms with Crippen molar-refractivity contribution in [3.63, 3.8) is 0 Å². The average Bonchev–Trinajstić information content (AvgIpc) is 2.25. The highest BCUT2D eigenvalue weighted by Gasteiger charge is 2.04. The number of benzene rings is 1. The first-order chi connectivity index (χ1) is 7.65. The number of hydrogen-bond acceptors (Lipinski definition) is 2. The predicted octanol–water partition coefficient (Wildman–Crippen LogP) is 3.47. The van der Waals surface area contributed by atoms with Crippen LogP contribution in [0.4, 0.5) is 10.1 Å². The molecule has 0 saturated carbocycles. The zero-order chi connectivity index (χ0) is 12.0. The second-order valence-electron chi connectivity index (χ2n) is 3.79. The number of aliphatic hydroxyl groups excluding tert-OH is 1. The van der Waals surface area contributed by atoms with Crippen LogP contribution >= 0.6 is 15.9 Å². The molecule has 0 aliphatic rings. The maximum absolute atomic E-state index is 13.3. The fourth-order valence-electron chi connectivity index (χ4n) is 1.47. The maximum Gasteiger partial charge on any atom is 0.139 e. The summed E-state index contributed by atoms with van der Waals surface area (Å²) in [6.45, 7) is 2.99. The van der Waals surface area contributed by atoms with E-state index in [2.05, 4.69) is 21.2 Å². The summed E-state index contributed by atoms with van der Waals surface area (Å²) in [4.78, 5) is 0. The normalized spacial score (nSPS) is 10.5. The summed E-state index contributed by atoms with van der Waals surface area (Å²) >= 11 is 3.15. The molecular weight excluding hydrogens is 273 g/mol. The Labute approximate surface area is 104 Å². The van der Waals surface area contributed by atoms with Crippen LogP contribution in [0.2, 0.25) is 0 Å². The fourth-order valence-corrected chi connectivity index (χ4v) is 1.93. The molecule has 0 unspecified atom stereocenters. The third-order valence-corrected chi connectivity index (χ3v) is 3.03. The lowest BCUT2D eigenvalue weighted by molar-refractivity contribution is 0.283. The van der Waals surface area contributed by atoms with Crippen LogP contribution in [0, 0.1) is 12.7 Å². The minimum absolute atomic E-state index is 0.242. The number of halogens is 2. The molecule has 0 saturated heterocycles. The standard InChI is InChI=1S/C12H17BrFNO/c1-9-7-10(13)11(14)8-12(9)15-5-3-2-4-6-16/h7-8,15-16H,2-6H2,1H3. The molecule has 16 heavy (non-hydrogen) atoms. The Kier molecular flexibility index (Phi) is 5.77. The second kappa shape index (κ2) is 6.86. The van der Waals surface area contributed by atoms with Gasteiger partial charge in [-0.05, 0) is 59.8 Å². The van der Waals surface area contributed by atoms with Crippen molar-refractivity contribution in [2.75, 3.05) is 18.5 Å². The summed E-state index contributed by atoms with van der Waals surface area (Å²) in [6, 6.07) is 3.27. The largest absolute Gasteiger partial charge is 0.396 e. The van der Waals surface area contributed by atoms with Gasteiger partial charge in [-0.25, -0.2) is 4.39 Å². The Morgan fingerprint density at radius 3 is 2.75 bits per heavy atom. The molecule has 1 aromatic rings. The molecule has 1 rings (SSSR count). The lowest BCUT2D eigenvalue weighted by Gasteiger charge is -2.10. The van der Waals surface area contributed by atoms with Crippen molar-refractivity contribution in [1.29, 1.82) is 0 Å². The monoisotopic (exact) mass is 289 g/mol. The Balaban J connectivity index is 2.45. The lowest BCUT2D eigenvalue weighted by Crippen LogP contribution is -2.04. The van der Waals surface area contributed by atoms with Crippen LogP contribution in [0.5, 0.6) is 0 Å². The van der Waals surface area contributed by atoms with Crippen LogP contribution in [0.25, 0.3) is 0 Å². The van der Waals surface area contributed by atoms with Gasteiger partial charge in [0.15, 0.2) is 0 Å². The van der Waals surface area contributed by atoms with Gasteiger partial charge in [-0.2, -0.15) is 0 Å². The predicted molar refractivity (Wildman–Crippen MR) is 68.3 cm³/mol. The molecule has 4 heteroatoms. The van der Waals surface area contributed by atoms with E-state index in [1.165, 1.54) is 6.07 Å². The van der Waals surface area contributed by atoms with E-state index in [-0.39, 0.29) is 12.4 Å². The quantitative estimate of drug-likeness (QED) is 0.786. The molecular formula is C12H17BrFNO. The molecule has 0 aliphatic heterocycles. The van der Waals surface area contributed by atoms with Crippen LogP contribution in [-0.2, 0) is 0 Å². The van der Waals surface area contributed by atoms with E-state index in [1.807, 2.05) is 6.92 Å². The van der Waals surface area contributed by atoms with Gasteiger partial charge < -0.3 is 10.4 Å². The highest BCUT2D eigenvalue weighted by Crippen LogP contribution is 2.23. The number of rotatable bonds is 6. The van der Waals surface area contributed by atoms with E-state index in [0.29, 0.717) is 4.47 Å². The van der Waals surface area contributed by atoms with E-state index < -0.39 is 0 Å². The molecule has 0 spiro atoms. The van der Waals surface area contributed by atoms with E-state index in [0.717, 1.165) is 37.1 Å². The number of aryl methyl sites for hydroxylation is 1. The maximum atomic E-state index is 13.3. The molecule has 0 heterocycles. The molecule has 90 valence electrons. The van der Waals surface area contributed by atoms with E-state index >= 15 is 0 Å². The highest BCUT2D eigenvalue weighted by atomic mass is 79.9. The topological polar surface area (TPSA) is 32.3 Å². The minimum atomic E-state index is -0.247. The van der Waals surface area contributed by atoms with Gasteiger partial charge in [0.05, 0.1) is 4.47 Å². The molecule has 0 radical (unpaired) electrons. The van der Waals surface area contributed by atoms with Crippen molar-refractivity contribution >= 4 is 21.6 Å². The van der Waals surface area contributed by atoms with Crippen molar-refractivity contribution < 1.29 is 9.50 Å². The van der Waals surface area contributed by atoms with Gasteiger partial charge in [0.1, 0.15) is 5.82 Å². The summed E-state index contributed by atoms with van der Waals surface area (Å²) in [5, 5.41) is 11.8. The van der Waals surface area contributed by atoms with Gasteiger partial charge in [0.2, 0.25) is 0 Å². The van der Waals surface area contributed by atoms with Crippen LogP contribution in [-0.4, -0.2) is 18.3 Å². The van der Waals surface area contributed by atoms with Crippen molar-refractivity contribution in [3.05, 3.63) is 28.0 Å². The Hall–Kier alpha value is -0.610. The van der Waals surface area contributed by atoms with Crippen molar-refractivity contribution in [3.8, 4) is 0 Å². The van der Waals surface area contributed by atoms with Crippen molar-refractivity contribution in [2.24, 2.45) is 0 Å². The van der Waals surface area contributed by atoms with E-state index in [9.17, 15) is 4.39 Å². The molecule has 0 aliphatic carbocycles. The Morgan fingerprint density at radius 2 is 2.06 bits per heavy atom. The second-order valence-corrected chi connectivity index (χ2v) is 4.65. The first-order valence-electron chi connectivity index (χ1n) is 5.45. The van der Waals surface area contributed by atoms with E-state index in [1.54, 1.807) is 6.07 Å².